The number of carboxylic acids is 1. The Labute approximate surface area is 169 Å². The molecule has 28 heavy (non-hydrogen) atoms. The van der Waals surface area contributed by atoms with E-state index in [-0.39, 0.29) is 46.5 Å². The van der Waals surface area contributed by atoms with Crippen molar-refractivity contribution in [1.82, 2.24) is 0 Å². The summed E-state index contributed by atoms with van der Waals surface area (Å²) in [5.74, 6) is -1.86. The third-order valence-electron chi connectivity index (χ3n) is 4.06. The van der Waals surface area contributed by atoms with Crippen molar-refractivity contribution in [1.29, 1.82) is 0 Å². The maximum Gasteiger partial charge on any atom is 0.416 e. The number of carbonyl (C=O) groups excluding carboxylic acids is 1. The van der Waals surface area contributed by atoms with Gasteiger partial charge in [0.15, 0.2) is 11.9 Å². The monoisotopic (exact) mass is 435 g/mol. The largest absolute Gasteiger partial charge is 0.478 e. The van der Waals surface area contributed by atoms with Crippen LogP contribution < -0.4 is 9.64 Å². The zero-order chi connectivity index (χ0) is 19.9. The Balaban J connectivity index is 0.00000280. The molecule has 0 aliphatic carbocycles. The molecule has 0 radical (unpaired) electrons. The van der Waals surface area contributed by atoms with Gasteiger partial charge < -0.3 is 14.7 Å². The molecule has 5 nitrogen and oxygen atoms in total. The number of ether oxygens (including phenoxy) is 1. The molecular formula is C18H14Cl2F3NO4. The van der Waals surface area contributed by atoms with Crippen molar-refractivity contribution in [2.45, 2.75) is 25.7 Å². The van der Waals surface area contributed by atoms with Gasteiger partial charge in [-0.2, -0.15) is 13.2 Å². The molecule has 0 aromatic heterocycles. The number of anilines is 1. The Morgan fingerprint density at radius 1 is 1.29 bits per heavy atom. The summed E-state index contributed by atoms with van der Waals surface area (Å²) < 4.78 is 44.2. The zero-order valence-electron chi connectivity index (χ0n) is 14.3. The van der Waals surface area contributed by atoms with Gasteiger partial charge in [-0.05, 0) is 36.8 Å². The van der Waals surface area contributed by atoms with Crippen LogP contribution in [0, 0.1) is 0 Å². The van der Waals surface area contributed by atoms with E-state index in [1.54, 1.807) is 0 Å². The molecule has 0 saturated carbocycles. The second-order valence-corrected chi connectivity index (χ2v) is 6.43. The molecule has 0 saturated heterocycles. The summed E-state index contributed by atoms with van der Waals surface area (Å²) in [6.45, 7) is 1.24. The van der Waals surface area contributed by atoms with Crippen LogP contribution in [0.4, 0.5) is 18.9 Å². The summed E-state index contributed by atoms with van der Waals surface area (Å²) in [6, 6.07) is 7.10. The highest BCUT2D eigenvalue weighted by atomic mass is 35.5. The number of hydrogen-bond donors (Lipinski definition) is 1. The third-order valence-corrected chi connectivity index (χ3v) is 4.28. The maximum atomic E-state index is 12.9. The van der Waals surface area contributed by atoms with Crippen molar-refractivity contribution in [3.05, 3.63) is 58.1 Å². The van der Waals surface area contributed by atoms with Crippen molar-refractivity contribution >= 4 is 41.6 Å². The summed E-state index contributed by atoms with van der Waals surface area (Å²) in [6.07, 6.45) is -5.52. The number of rotatable bonds is 3. The minimum atomic E-state index is -4.52. The lowest BCUT2D eigenvalue weighted by molar-refractivity contribution is -0.137. The SMILES string of the molecule is CC1Oc2c(C(=O)O)cc(Cl)cc2N(Cc2cccc(C(F)(F)F)c2)C1=O.Cl. The Bertz CT molecular complexity index is 934. The number of carboxylic acid groups (broad SMARTS) is 1. The number of hydrogen-bond acceptors (Lipinski definition) is 3. The van der Waals surface area contributed by atoms with Crippen LogP contribution in [0.1, 0.15) is 28.4 Å². The predicted molar refractivity (Wildman–Crippen MR) is 98.4 cm³/mol. The number of aromatic carboxylic acids is 1. The molecular weight excluding hydrogens is 422 g/mol. The van der Waals surface area contributed by atoms with Crippen LogP contribution >= 0.6 is 24.0 Å². The maximum absolute atomic E-state index is 12.9. The second-order valence-electron chi connectivity index (χ2n) is 5.99. The van der Waals surface area contributed by atoms with E-state index in [4.69, 9.17) is 16.3 Å². The first-order valence-corrected chi connectivity index (χ1v) is 8.16. The van der Waals surface area contributed by atoms with Crippen molar-refractivity contribution in [3.63, 3.8) is 0 Å². The van der Waals surface area contributed by atoms with E-state index >= 15 is 0 Å². The van der Waals surface area contributed by atoms with Gasteiger partial charge in [-0.25, -0.2) is 4.79 Å². The van der Waals surface area contributed by atoms with Crippen LogP contribution in [0.2, 0.25) is 5.02 Å². The second kappa shape index (κ2) is 7.89. The lowest BCUT2D eigenvalue weighted by Gasteiger charge is -2.34. The molecule has 1 amide bonds. The molecule has 1 heterocycles. The molecule has 2 aromatic carbocycles. The van der Waals surface area contributed by atoms with E-state index < -0.39 is 29.7 Å². The van der Waals surface area contributed by atoms with Gasteiger partial charge in [0.05, 0.1) is 17.8 Å². The van der Waals surface area contributed by atoms with Crippen molar-refractivity contribution in [3.8, 4) is 5.75 Å². The minimum Gasteiger partial charge on any atom is -0.478 e. The van der Waals surface area contributed by atoms with Crippen LogP contribution in [0.25, 0.3) is 0 Å². The van der Waals surface area contributed by atoms with Gasteiger partial charge in [-0.15, -0.1) is 12.4 Å². The Kier molecular flexibility index (Phi) is 6.15. The van der Waals surface area contributed by atoms with Gasteiger partial charge in [-0.3, -0.25) is 4.79 Å². The first-order chi connectivity index (χ1) is 12.6. The molecule has 1 unspecified atom stereocenters. The Morgan fingerprint density at radius 2 is 1.96 bits per heavy atom. The molecule has 150 valence electrons. The molecule has 3 rings (SSSR count). The van der Waals surface area contributed by atoms with Crippen LogP contribution in [0.15, 0.2) is 36.4 Å². The number of fused-ring (bicyclic) bond motifs is 1. The number of alkyl halides is 3. The van der Waals surface area contributed by atoms with Gasteiger partial charge >= 0.3 is 12.1 Å². The number of nitrogens with zero attached hydrogens (tertiary/aromatic N) is 1. The molecule has 1 aliphatic heterocycles. The quantitative estimate of drug-likeness (QED) is 0.752. The molecule has 0 bridgehead atoms. The fraction of sp³-hybridized carbons (Fsp3) is 0.222. The number of amides is 1. The van der Waals surface area contributed by atoms with E-state index in [0.29, 0.717) is 0 Å². The third kappa shape index (κ3) is 4.18. The Morgan fingerprint density at radius 3 is 2.57 bits per heavy atom. The summed E-state index contributed by atoms with van der Waals surface area (Å²) in [5.41, 5.74) is -0.743. The minimum absolute atomic E-state index is 0. The van der Waals surface area contributed by atoms with E-state index in [0.717, 1.165) is 12.1 Å². The fourth-order valence-corrected chi connectivity index (χ4v) is 3.03. The standard InChI is InChI=1S/C18H13ClF3NO4.ClH/c1-9-16(24)23(8-10-3-2-4-11(5-10)18(20,21)22)14-7-12(19)6-13(17(25)26)15(14)27-9;/h2-7,9H,8H2,1H3,(H,25,26);1H. The Hall–Kier alpha value is -2.45. The number of benzene rings is 2. The summed E-state index contributed by atoms with van der Waals surface area (Å²) >= 11 is 5.96. The van der Waals surface area contributed by atoms with E-state index in [2.05, 4.69) is 0 Å². The smallest absolute Gasteiger partial charge is 0.416 e. The number of carbonyl (C=O) groups is 2. The molecule has 0 spiro atoms. The summed E-state index contributed by atoms with van der Waals surface area (Å²) in [5, 5.41) is 9.41. The molecule has 0 fully saturated rings. The summed E-state index contributed by atoms with van der Waals surface area (Å²) in [7, 11) is 0. The highest BCUT2D eigenvalue weighted by Gasteiger charge is 2.35. The van der Waals surface area contributed by atoms with Gasteiger partial charge in [0.1, 0.15) is 5.56 Å². The van der Waals surface area contributed by atoms with E-state index in [1.807, 2.05) is 0 Å². The van der Waals surface area contributed by atoms with Gasteiger partial charge in [0.2, 0.25) is 0 Å². The van der Waals surface area contributed by atoms with Crippen LogP contribution in [0.3, 0.4) is 0 Å². The van der Waals surface area contributed by atoms with E-state index in [9.17, 15) is 27.9 Å². The van der Waals surface area contributed by atoms with Crippen LogP contribution in [-0.4, -0.2) is 23.1 Å². The number of halogens is 5. The highest BCUT2D eigenvalue weighted by molar-refractivity contribution is 6.31. The van der Waals surface area contributed by atoms with Crippen LogP contribution in [-0.2, 0) is 17.5 Å². The normalized spacial score (nSPS) is 16.1. The molecule has 10 heteroatoms. The lowest BCUT2D eigenvalue weighted by Crippen LogP contribution is -2.44. The van der Waals surface area contributed by atoms with Gasteiger partial charge in [-0.1, -0.05) is 23.7 Å². The topological polar surface area (TPSA) is 66.8 Å². The van der Waals surface area contributed by atoms with E-state index in [1.165, 1.54) is 36.1 Å². The van der Waals surface area contributed by atoms with Crippen molar-refractivity contribution in [2.24, 2.45) is 0 Å². The van der Waals surface area contributed by atoms with Gasteiger partial charge in [0.25, 0.3) is 5.91 Å². The van der Waals surface area contributed by atoms with Crippen molar-refractivity contribution in [2.75, 3.05) is 4.90 Å². The lowest BCUT2D eigenvalue weighted by atomic mass is 10.1. The van der Waals surface area contributed by atoms with Gasteiger partial charge in [0, 0.05) is 5.02 Å². The first kappa shape index (κ1) is 21.8. The fourth-order valence-electron chi connectivity index (χ4n) is 2.82. The highest BCUT2D eigenvalue weighted by Crippen LogP contribution is 2.40. The van der Waals surface area contributed by atoms with Crippen molar-refractivity contribution < 1.29 is 32.6 Å². The average Bonchev–Trinajstić information content (AvgIpc) is 2.58. The molecule has 1 N–H and O–H groups in total. The van der Waals surface area contributed by atoms with Crippen LogP contribution in [0.5, 0.6) is 5.75 Å². The summed E-state index contributed by atoms with van der Waals surface area (Å²) in [4.78, 5) is 25.2. The molecule has 1 atom stereocenters. The zero-order valence-corrected chi connectivity index (χ0v) is 15.9. The average molecular weight is 436 g/mol. The first-order valence-electron chi connectivity index (χ1n) is 7.79. The molecule has 2 aromatic rings. The molecule has 1 aliphatic rings. The predicted octanol–water partition coefficient (Wildman–Crippen LogP) is 4.79.